The van der Waals surface area contributed by atoms with Gasteiger partial charge < -0.3 is 10.6 Å². The number of rotatable bonds is 3. The van der Waals surface area contributed by atoms with E-state index in [2.05, 4.69) is 47.8 Å². The molecule has 1 atom stereocenters. The van der Waals surface area contributed by atoms with E-state index in [1.807, 2.05) is 17.8 Å². The van der Waals surface area contributed by atoms with E-state index in [4.69, 9.17) is 0 Å². The van der Waals surface area contributed by atoms with Crippen molar-refractivity contribution in [3.05, 3.63) is 46.8 Å². The second kappa shape index (κ2) is 6.44. The van der Waals surface area contributed by atoms with Crippen molar-refractivity contribution >= 4 is 6.03 Å². The lowest BCUT2D eigenvalue weighted by Crippen LogP contribution is -2.38. The van der Waals surface area contributed by atoms with Gasteiger partial charge in [-0.3, -0.25) is 0 Å². The molecule has 0 aliphatic heterocycles. The highest BCUT2D eigenvalue weighted by Gasteiger charge is 2.25. The largest absolute Gasteiger partial charge is 0.338 e. The third kappa shape index (κ3) is 3.09. The van der Waals surface area contributed by atoms with Crippen LogP contribution in [-0.4, -0.2) is 22.4 Å². The molecule has 0 spiro atoms. The fourth-order valence-corrected chi connectivity index (χ4v) is 3.16. The van der Waals surface area contributed by atoms with E-state index >= 15 is 0 Å². The molecule has 122 valence electrons. The third-order valence-corrected chi connectivity index (χ3v) is 4.56. The van der Waals surface area contributed by atoms with Crippen LogP contribution in [0.2, 0.25) is 0 Å². The van der Waals surface area contributed by atoms with Crippen LogP contribution in [0.4, 0.5) is 4.79 Å². The van der Waals surface area contributed by atoms with Crippen molar-refractivity contribution in [1.82, 2.24) is 20.4 Å². The molecule has 23 heavy (non-hydrogen) atoms. The van der Waals surface area contributed by atoms with E-state index < -0.39 is 0 Å². The third-order valence-electron chi connectivity index (χ3n) is 4.56. The van der Waals surface area contributed by atoms with Gasteiger partial charge in [0.1, 0.15) is 0 Å². The van der Waals surface area contributed by atoms with Gasteiger partial charge in [0.15, 0.2) is 0 Å². The Morgan fingerprint density at radius 2 is 2.17 bits per heavy atom. The van der Waals surface area contributed by atoms with Crippen LogP contribution in [0.15, 0.2) is 24.4 Å². The first-order valence-electron chi connectivity index (χ1n) is 8.29. The average Bonchev–Trinajstić information content (AvgIpc) is 2.95. The predicted octanol–water partition coefficient (Wildman–Crippen LogP) is 3.19. The number of benzene rings is 1. The normalized spacial score (nSPS) is 16.7. The smallest absolute Gasteiger partial charge is 0.315 e. The Morgan fingerprint density at radius 1 is 1.35 bits per heavy atom. The number of hydrogen-bond donors (Lipinski definition) is 2. The molecule has 1 aliphatic carbocycles. The molecule has 2 N–H and O–H groups in total. The second-order valence-corrected chi connectivity index (χ2v) is 6.18. The molecule has 0 fully saturated rings. The predicted molar refractivity (Wildman–Crippen MR) is 90.9 cm³/mol. The summed E-state index contributed by atoms with van der Waals surface area (Å²) in [5.74, 6) is 0. The summed E-state index contributed by atoms with van der Waals surface area (Å²) in [7, 11) is 0. The molecule has 1 heterocycles. The maximum Gasteiger partial charge on any atom is 0.315 e. The highest BCUT2D eigenvalue weighted by molar-refractivity contribution is 5.74. The zero-order chi connectivity index (χ0) is 16.4. The summed E-state index contributed by atoms with van der Waals surface area (Å²) < 4.78 is 2.02. The van der Waals surface area contributed by atoms with Gasteiger partial charge in [0.2, 0.25) is 0 Å². The summed E-state index contributed by atoms with van der Waals surface area (Å²) in [6, 6.07) is 6.35. The van der Waals surface area contributed by atoms with Gasteiger partial charge in [0.05, 0.1) is 17.9 Å². The molecule has 0 bridgehead atoms. The molecular weight excluding hydrogens is 288 g/mol. The molecule has 0 unspecified atom stereocenters. The van der Waals surface area contributed by atoms with Crippen molar-refractivity contribution in [1.29, 1.82) is 0 Å². The summed E-state index contributed by atoms with van der Waals surface area (Å²) in [6.45, 7) is 6.79. The summed E-state index contributed by atoms with van der Waals surface area (Å²) in [5, 5.41) is 10.4. The van der Waals surface area contributed by atoms with Crippen molar-refractivity contribution in [3.63, 3.8) is 0 Å². The van der Waals surface area contributed by atoms with Crippen LogP contribution in [0, 0.1) is 13.8 Å². The number of carbonyl (C=O) groups is 1. The molecule has 1 aliphatic rings. The number of aryl methyl sites for hydroxylation is 2. The molecule has 0 saturated carbocycles. The summed E-state index contributed by atoms with van der Waals surface area (Å²) in [5.41, 5.74) is 5.99. The Kier molecular flexibility index (Phi) is 4.37. The molecule has 1 aromatic heterocycles. The first-order chi connectivity index (χ1) is 11.1. The molecule has 3 rings (SSSR count). The monoisotopic (exact) mass is 312 g/mol. The van der Waals surface area contributed by atoms with Crippen LogP contribution >= 0.6 is 0 Å². The van der Waals surface area contributed by atoms with Gasteiger partial charge in [-0.1, -0.05) is 6.07 Å². The molecular formula is C18H24N4O. The molecule has 5 nitrogen and oxygen atoms in total. The Bertz CT molecular complexity index is 720. The zero-order valence-electron chi connectivity index (χ0n) is 14.0. The number of hydrogen-bond acceptors (Lipinski definition) is 2. The van der Waals surface area contributed by atoms with E-state index in [-0.39, 0.29) is 12.1 Å². The van der Waals surface area contributed by atoms with Crippen molar-refractivity contribution in [2.75, 3.05) is 6.54 Å². The van der Waals surface area contributed by atoms with E-state index in [9.17, 15) is 4.79 Å². The first kappa shape index (κ1) is 15.6. The fraction of sp³-hybridized carbons (Fsp3) is 0.444. The number of carbonyl (C=O) groups excluding carboxylic acids is 1. The lowest BCUT2D eigenvalue weighted by Gasteiger charge is -2.24. The number of fused-ring (bicyclic) bond motifs is 1. The quantitative estimate of drug-likeness (QED) is 0.914. The van der Waals surface area contributed by atoms with Crippen LogP contribution in [0.3, 0.4) is 0 Å². The standard InChI is InChI=1S/C18H24N4O/c1-4-19-18(23)21-16-6-5-7-17-15(16)11-20-22(17)14-9-8-12(2)13(3)10-14/h8-11,16H,4-7H2,1-3H3,(H2,19,21,23)/t16-/m0/s1. The minimum absolute atomic E-state index is 0.0468. The molecule has 5 heteroatoms. The summed E-state index contributed by atoms with van der Waals surface area (Å²) >= 11 is 0. The van der Waals surface area contributed by atoms with Gasteiger partial charge in [-0.25, -0.2) is 9.48 Å². The number of urea groups is 1. The Hall–Kier alpha value is -2.30. The maximum absolute atomic E-state index is 11.8. The van der Waals surface area contributed by atoms with Gasteiger partial charge >= 0.3 is 6.03 Å². The number of aromatic nitrogens is 2. The van der Waals surface area contributed by atoms with Crippen molar-refractivity contribution in [3.8, 4) is 5.69 Å². The molecule has 2 amide bonds. The maximum atomic E-state index is 11.8. The average molecular weight is 312 g/mol. The lowest BCUT2D eigenvalue weighted by molar-refractivity contribution is 0.236. The summed E-state index contributed by atoms with van der Waals surface area (Å²) in [6.07, 6.45) is 4.92. The van der Waals surface area contributed by atoms with Gasteiger partial charge in [-0.15, -0.1) is 0 Å². The Morgan fingerprint density at radius 3 is 2.91 bits per heavy atom. The van der Waals surface area contributed by atoms with Crippen LogP contribution in [0.25, 0.3) is 5.69 Å². The second-order valence-electron chi connectivity index (χ2n) is 6.18. The minimum Gasteiger partial charge on any atom is -0.338 e. The Balaban J connectivity index is 1.90. The van der Waals surface area contributed by atoms with Gasteiger partial charge in [0, 0.05) is 17.8 Å². The highest BCUT2D eigenvalue weighted by Crippen LogP contribution is 2.31. The fourth-order valence-electron chi connectivity index (χ4n) is 3.16. The van der Waals surface area contributed by atoms with Crippen LogP contribution in [-0.2, 0) is 6.42 Å². The van der Waals surface area contributed by atoms with E-state index in [0.29, 0.717) is 6.54 Å². The zero-order valence-corrected chi connectivity index (χ0v) is 14.0. The summed E-state index contributed by atoms with van der Waals surface area (Å²) in [4.78, 5) is 11.8. The highest BCUT2D eigenvalue weighted by atomic mass is 16.2. The van der Waals surface area contributed by atoms with Crippen LogP contribution in [0.5, 0.6) is 0 Å². The minimum atomic E-state index is -0.107. The lowest BCUT2D eigenvalue weighted by atomic mass is 9.93. The molecule has 0 saturated heterocycles. The van der Waals surface area contributed by atoms with Crippen molar-refractivity contribution < 1.29 is 4.79 Å². The van der Waals surface area contributed by atoms with Crippen LogP contribution < -0.4 is 10.6 Å². The number of amides is 2. The SMILES string of the molecule is CCNC(=O)N[C@H]1CCCc2c1cnn2-c1ccc(C)c(C)c1. The van der Waals surface area contributed by atoms with E-state index in [0.717, 1.165) is 30.5 Å². The number of nitrogens with zero attached hydrogens (tertiary/aromatic N) is 2. The number of nitrogens with one attached hydrogen (secondary N) is 2. The van der Waals surface area contributed by atoms with Gasteiger partial charge in [0.25, 0.3) is 0 Å². The first-order valence-corrected chi connectivity index (χ1v) is 8.29. The van der Waals surface area contributed by atoms with Crippen molar-refractivity contribution in [2.45, 2.75) is 46.1 Å². The van der Waals surface area contributed by atoms with Crippen molar-refractivity contribution in [2.24, 2.45) is 0 Å². The van der Waals surface area contributed by atoms with E-state index in [1.165, 1.54) is 16.8 Å². The topological polar surface area (TPSA) is 59.0 Å². The molecule has 0 radical (unpaired) electrons. The van der Waals surface area contributed by atoms with Crippen LogP contribution in [0.1, 0.15) is 48.2 Å². The van der Waals surface area contributed by atoms with Gasteiger partial charge in [-0.05, 0) is 63.3 Å². The van der Waals surface area contributed by atoms with E-state index in [1.54, 1.807) is 0 Å². The molecule has 2 aromatic rings. The molecule has 1 aromatic carbocycles. The van der Waals surface area contributed by atoms with Gasteiger partial charge in [-0.2, -0.15) is 5.10 Å². The Labute approximate surface area is 137 Å².